The molecule has 1 saturated heterocycles. The molecule has 0 spiro atoms. The summed E-state index contributed by atoms with van der Waals surface area (Å²) in [7, 11) is 0. The Hall–Kier alpha value is -1.33. The first-order chi connectivity index (χ1) is 10.5. The smallest absolute Gasteiger partial charge is 0.250 e. The Morgan fingerprint density at radius 1 is 1.30 bits per heavy atom. The van der Waals surface area contributed by atoms with E-state index >= 15 is 0 Å². The summed E-state index contributed by atoms with van der Waals surface area (Å²) in [5, 5.41) is 0. The highest BCUT2D eigenvalue weighted by atomic mass is 35.5. The molecule has 1 amide bonds. The molecule has 5 nitrogen and oxygen atoms in total. The van der Waals surface area contributed by atoms with Crippen LogP contribution in [0.1, 0.15) is 38.3 Å². The zero-order valence-electron chi connectivity index (χ0n) is 13.8. The zero-order valence-corrected chi connectivity index (χ0v) is 14.6. The van der Waals surface area contributed by atoms with Crippen LogP contribution in [0.3, 0.4) is 0 Å². The molecule has 3 rings (SSSR count). The molecule has 2 bridgehead atoms. The summed E-state index contributed by atoms with van der Waals surface area (Å²) < 4.78 is 1.88. The highest BCUT2D eigenvalue weighted by Gasteiger charge is 2.37. The van der Waals surface area contributed by atoms with Crippen molar-refractivity contribution in [2.45, 2.75) is 45.2 Å². The van der Waals surface area contributed by atoms with Crippen LogP contribution >= 0.6 is 12.4 Å². The number of amides is 1. The van der Waals surface area contributed by atoms with E-state index < -0.39 is 6.04 Å². The number of hydrogen-bond donors (Lipinski definition) is 1. The number of pyridine rings is 1. The number of aromatic nitrogens is 1. The van der Waals surface area contributed by atoms with E-state index in [1.807, 2.05) is 21.6 Å². The maximum Gasteiger partial charge on any atom is 0.250 e. The molecule has 0 radical (unpaired) electrons. The van der Waals surface area contributed by atoms with Gasteiger partial charge in [-0.2, -0.15) is 0 Å². The molecule has 2 N–H and O–H groups in total. The number of likely N-dealkylation sites (tertiary alicyclic amines) is 1. The molecule has 1 aromatic heterocycles. The number of nitrogens with two attached hydrogens (primary N) is 1. The SMILES string of the molecule is CC(C)C[C@@H](N)C(=O)N1C[C@@H]2C[C@@H](C1)c1cccc(=O)n1C2.Cl. The second-order valence-electron chi connectivity index (χ2n) is 7.18. The molecule has 3 heterocycles. The Morgan fingerprint density at radius 2 is 2.04 bits per heavy atom. The highest BCUT2D eigenvalue weighted by Crippen LogP contribution is 2.35. The first-order valence-corrected chi connectivity index (χ1v) is 8.19. The topological polar surface area (TPSA) is 68.3 Å². The number of hydrogen-bond acceptors (Lipinski definition) is 3. The fraction of sp³-hybridized carbons (Fsp3) is 0.647. The molecule has 23 heavy (non-hydrogen) atoms. The van der Waals surface area contributed by atoms with Gasteiger partial charge in [0.15, 0.2) is 0 Å². The van der Waals surface area contributed by atoms with Crippen LogP contribution in [0.2, 0.25) is 0 Å². The van der Waals surface area contributed by atoms with Crippen molar-refractivity contribution >= 4 is 18.3 Å². The van der Waals surface area contributed by atoms with Crippen LogP contribution in [0.4, 0.5) is 0 Å². The van der Waals surface area contributed by atoms with Crippen molar-refractivity contribution in [3.05, 3.63) is 34.2 Å². The molecular weight excluding hydrogens is 314 g/mol. The first-order valence-electron chi connectivity index (χ1n) is 8.19. The van der Waals surface area contributed by atoms with E-state index in [0.29, 0.717) is 24.9 Å². The second kappa shape index (κ2) is 7.05. The predicted octanol–water partition coefficient (Wildman–Crippen LogP) is 1.59. The normalized spacial score (nSPS) is 23.9. The molecule has 1 fully saturated rings. The van der Waals surface area contributed by atoms with Crippen molar-refractivity contribution in [3.8, 4) is 0 Å². The van der Waals surface area contributed by atoms with Crippen LogP contribution in [0.25, 0.3) is 0 Å². The Labute approximate surface area is 143 Å². The molecular formula is C17H26ClN3O2. The van der Waals surface area contributed by atoms with Gasteiger partial charge in [-0.25, -0.2) is 0 Å². The van der Waals surface area contributed by atoms with Gasteiger partial charge in [0.1, 0.15) is 0 Å². The average Bonchev–Trinajstić information content (AvgIpc) is 2.46. The molecule has 0 unspecified atom stereocenters. The summed E-state index contributed by atoms with van der Waals surface area (Å²) in [5.41, 5.74) is 7.21. The molecule has 2 aliphatic rings. The second-order valence-corrected chi connectivity index (χ2v) is 7.18. The number of fused-ring (bicyclic) bond motifs is 4. The monoisotopic (exact) mass is 339 g/mol. The van der Waals surface area contributed by atoms with Crippen LogP contribution in [-0.2, 0) is 11.3 Å². The van der Waals surface area contributed by atoms with Crippen molar-refractivity contribution in [1.82, 2.24) is 9.47 Å². The predicted molar refractivity (Wildman–Crippen MR) is 92.8 cm³/mol. The summed E-state index contributed by atoms with van der Waals surface area (Å²) in [5.74, 6) is 1.11. The molecule has 128 valence electrons. The van der Waals surface area contributed by atoms with Crippen molar-refractivity contribution in [2.75, 3.05) is 13.1 Å². The Balaban J connectivity index is 0.00000192. The summed E-state index contributed by atoms with van der Waals surface area (Å²) in [4.78, 5) is 26.5. The number of nitrogens with zero attached hydrogens (tertiary/aromatic N) is 2. The third-order valence-corrected chi connectivity index (χ3v) is 4.83. The maximum absolute atomic E-state index is 12.6. The lowest BCUT2D eigenvalue weighted by Crippen LogP contribution is -2.53. The van der Waals surface area contributed by atoms with Gasteiger partial charge in [0.05, 0.1) is 6.04 Å². The van der Waals surface area contributed by atoms with Gasteiger partial charge < -0.3 is 15.2 Å². The lowest BCUT2D eigenvalue weighted by atomic mass is 9.83. The van der Waals surface area contributed by atoms with Gasteiger partial charge in [0, 0.05) is 37.3 Å². The van der Waals surface area contributed by atoms with E-state index in [1.165, 1.54) is 0 Å². The summed E-state index contributed by atoms with van der Waals surface area (Å²) in [6, 6.07) is 5.05. The van der Waals surface area contributed by atoms with E-state index in [4.69, 9.17) is 5.73 Å². The van der Waals surface area contributed by atoms with Crippen LogP contribution < -0.4 is 11.3 Å². The number of halogens is 1. The molecule has 1 aromatic rings. The van der Waals surface area contributed by atoms with Crippen LogP contribution in [-0.4, -0.2) is 34.5 Å². The number of carbonyl (C=O) groups excluding carboxylic acids is 1. The minimum absolute atomic E-state index is 0. The van der Waals surface area contributed by atoms with Crippen molar-refractivity contribution in [2.24, 2.45) is 17.6 Å². The van der Waals surface area contributed by atoms with Gasteiger partial charge in [-0.15, -0.1) is 12.4 Å². The van der Waals surface area contributed by atoms with Gasteiger partial charge in [0.25, 0.3) is 5.56 Å². The van der Waals surface area contributed by atoms with E-state index in [0.717, 1.165) is 25.1 Å². The minimum Gasteiger partial charge on any atom is -0.340 e. The number of carbonyl (C=O) groups is 1. The average molecular weight is 340 g/mol. The fourth-order valence-corrected chi connectivity index (χ4v) is 3.92. The largest absolute Gasteiger partial charge is 0.340 e. The maximum atomic E-state index is 12.6. The van der Waals surface area contributed by atoms with Crippen molar-refractivity contribution in [3.63, 3.8) is 0 Å². The molecule has 6 heteroatoms. The van der Waals surface area contributed by atoms with E-state index in [9.17, 15) is 9.59 Å². The third-order valence-electron chi connectivity index (χ3n) is 4.83. The summed E-state index contributed by atoms with van der Waals surface area (Å²) in [6.07, 6.45) is 1.79. The molecule has 0 aliphatic carbocycles. The fourth-order valence-electron chi connectivity index (χ4n) is 3.92. The Bertz CT molecular complexity index is 629. The van der Waals surface area contributed by atoms with E-state index in [1.54, 1.807) is 6.07 Å². The zero-order chi connectivity index (χ0) is 15.9. The highest BCUT2D eigenvalue weighted by molar-refractivity contribution is 5.85. The van der Waals surface area contributed by atoms with E-state index in [-0.39, 0.29) is 29.8 Å². The Kier molecular flexibility index (Phi) is 5.53. The van der Waals surface area contributed by atoms with Gasteiger partial charge in [-0.05, 0) is 30.7 Å². The van der Waals surface area contributed by atoms with Gasteiger partial charge in [-0.3, -0.25) is 9.59 Å². The summed E-state index contributed by atoms with van der Waals surface area (Å²) >= 11 is 0. The quantitative estimate of drug-likeness (QED) is 0.909. The summed E-state index contributed by atoms with van der Waals surface area (Å²) in [6.45, 7) is 6.29. The van der Waals surface area contributed by atoms with Crippen LogP contribution in [0, 0.1) is 11.8 Å². The lowest BCUT2D eigenvalue weighted by molar-refractivity contribution is -0.135. The van der Waals surface area contributed by atoms with Gasteiger partial charge in [0.2, 0.25) is 5.91 Å². The minimum atomic E-state index is -0.406. The van der Waals surface area contributed by atoms with Crippen molar-refractivity contribution < 1.29 is 4.79 Å². The van der Waals surface area contributed by atoms with Gasteiger partial charge in [-0.1, -0.05) is 19.9 Å². The number of rotatable bonds is 3. The molecule has 2 aliphatic heterocycles. The molecule has 3 atom stereocenters. The van der Waals surface area contributed by atoms with Crippen molar-refractivity contribution in [1.29, 1.82) is 0 Å². The number of piperidine rings is 1. The first kappa shape index (κ1) is 18.0. The standard InChI is InChI=1S/C17H25N3O2.ClH/c1-11(2)6-14(18)17(22)19-8-12-7-13(10-19)15-4-3-5-16(21)20(15)9-12;/h3-5,11-14H,6-10,18H2,1-2H3;1H/t12-,13-,14+;/m0./s1. The lowest BCUT2D eigenvalue weighted by Gasteiger charge is -2.43. The van der Waals surface area contributed by atoms with E-state index in [2.05, 4.69) is 13.8 Å². The third kappa shape index (κ3) is 3.61. The Morgan fingerprint density at radius 3 is 2.74 bits per heavy atom. The molecule has 0 aromatic carbocycles. The molecule has 0 saturated carbocycles. The van der Waals surface area contributed by atoms with Crippen LogP contribution in [0.5, 0.6) is 0 Å². The van der Waals surface area contributed by atoms with Gasteiger partial charge >= 0.3 is 0 Å². The van der Waals surface area contributed by atoms with Crippen LogP contribution in [0.15, 0.2) is 23.0 Å².